The van der Waals surface area contributed by atoms with Gasteiger partial charge in [-0.15, -0.1) is 0 Å². The smallest absolute Gasteiger partial charge is 0.221 e. The van der Waals surface area contributed by atoms with Gasteiger partial charge in [0.05, 0.1) is 0 Å². The summed E-state index contributed by atoms with van der Waals surface area (Å²) in [6.45, 7) is 6.86. The fourth-order valence-corrected chi connectivity index (χ4v) is 3.27. The first-order valence-electron chi connectivity index (χ1n) is 7.38. The van der Waals surface area contributed by atoms with Gasteiger partial charge < -0.3 is 10.6 Å². The van der Waals surface area contributed by atoms with E-state index in [9.17, 15) is 0 Å². The van der Waals surface area contributed by atoms with Crippen molar-refractivity contribution in [3.8, 4) is 0 Å². The lowest BCUT2D eigenvalue weighted by molar-refractivity contribution is 0.260. The third-order valence-electron chi connectivity index (χ3n) is 4.36. The van der Waals surface area contributed by atoms with E-state index in [1.54, 1.807) is 0 Å². The number of nitrogen functional groups attached to an aromatic ring is 1. The van der Waals surface area contributed by atoms with Crippen molar-refractivity contribution < 1.29 is 0 Å². The molecule has 2 aliphatic rings. The van der Waals surface area contributed by atoms with Crippen LogP contribution >= 0.6 is 0 Å². The fraction of sp³-hybridized carbons (Fsp3) is 0.714. The second-order valence-electron chi connectivity index (χ2n) is 5.56. The molecule has 19 heavy (non-hydrogen) atoms. The Kier molecular flexibility index (Phi) is 3.55. The molecule has 0 aromatic carbocycles. The predicted octanol–water partition coefficient (Wildman–Crippen LogP) is 1.30. The molecule has 2 aliphatic heterocycles. The maximum Gasteiger partial charge on any atom is 0.221 e. The van der Waals surface area contributed by atoms with E-state index < -0.39 is 0 Å². The van der Waals surface area contributed by atoms with Crippen molar-refractivity contribution in [2.45, 2.75) is 38.6 Å². The van der Waals surface area contributed by atoms with Gasteiger partial charge in [0.1, 0.15) is 5.82 Å². The van der Waals surface area contributed by atoms with Crippen LogP contribution in [0.15, 0.2) is 6.20 Å². The standard InChI is InChI=1S/C14H23N5/c1-2-11-9-16-14(15)17-13(11)19-8-5-12(10-19)18-6-3-4-7-18/h9,12H,2-8,10H2,1H3,(H2,15,16,17)/t12-/m0/s1. The van der Waals surface area contributed by atoms with Gasteiger partial charge in [0.2, 0.25) is 5.95 Å². The lowest BCUT2D eigenvalue weighted by atomic mass is 10.2. The van der Waals surface area contributed by atoms with Gasteiger partial charge in [0.25, 0.3) is 0 Å². The van der Waals surface area contributed by atoms with Gasteiger partial charge in [0, 0.05) is 30.9 Å². The molecule has 5 heteroatoms. The van der Waals surface area contributed by atoms with Crippen molar-refractivity contribution in [2.24, 2.45) is 0 Å². The van der Waals surface area contributed by atoms with E-state index in [2.05, 4.69) is 26.7 Å². The Hall–Kier alpha value is -1.36. The van der Waals surface area contributed by atoms with Crippen LogP contribution in [0.25, 0.3) is 0 Å². The first-order chi connectivity index (χ1) is 9.28. The van der Waals surface area contributed by atoms with Crippen LogP contribution in [0.4, 0.5) is 11.8 Å². The van der Waals surface area contributed by atoms with Crippen LogP contribution in [0.2, 0.25) is 0 Å². The molecule has 104 valence electrons. The molecule has 5 nitrogen and oxygen atoms in total. The molecule has 0 saturated carbocycles. The number of rotatable bonds is 3. The van der Waals surface area contributed by atoms with Crippen LogP contribution in [-0.2, 0) is 6.42 Å². The molecule has 0 aliphatic carbocycles. The molecule has 0 bridgehead atoms. The van der Waals surface area contributed by atoms with E-state index in [0.717, 1.165) is 25.3 Å². The molecule has 2 N–H and O–H groups in total. The third-order valence-corrected chi connectivity index (χ3v) is 4.36. The molecular weight excluding hydrogens is 238 g/mol. The third kappa shape index (κ3) is 2.52. The number of aromatic nitrogens is 2. The topological polar surface area (TPSA) is 58.3 Å². The highest BCUT2D eigenvalue weighted by atomic mass is 15.3. The van der Waals surface area contributed by atoms with E-state index in [0.29, 0.717) is 12.0 Å². The second-order valence-corrected chi connectivity index (χ2v) is 5.56. The molecule has 1 atom stereocenters. The van der Waals surface area contributed by atoms with Crippen molar-refractivity contribution in [1.82, 2.24) is 14.9 Å². The Labute approximate surface area is 114 Å². The fourth-order valence-electron chi connectivity index (χ4n) is 3.27. The molecule has 3 rings (SSSR count). The maximum atomic E-state index is 5.75. The minimum atomic E-state index is 0.386. The number of aryl methyl sites for hydroxylation is 1. The Bertz CT molecular complexity index is 441. The summed E-state index contributed by atoms with van der Waals surface area (Å²) in [5.41, 5.74) is 6.95. The Morgan fingerprint density at radius 3 is 2.84 bits per heavy atom. The molecule has 2 fully saturated rings. The van der Waals surface area contributed by atoms with Gasteiger partial charge in [0.15, 0.2) is 0 Å². The molecule has 2 saturated heterocycles. The normalized spacial score (nSPS) is 24.3. The van der Waals surface area contributed by atoms with Crippen LogP contribution in [-0.4, -0.2) is 47.1 Å². The van der Waals surface area contributed by atoms with E-state index in [-0.39, 0.29) is 0 Å². The highest BCUT2D eigenvalue weighted by Crippen LogP contribution is 2.26. The zero-order valence-electron chi connectivity index (χ0n) is 11.7. The summed E-state index contributed by atoms with van der Waals surface area (Å²) in [5, 5.41) is 0. The van der Waals surface area contributed by atoms with Crippen molar-refractivity contribution in [3.63, 3.8) is 0 Å². The molecule has 3 heterocycles. The van der Waals surface area contributed by atoms with Crippen LogP contribution in [0, 0.1) is 0 Å². The maximum absolute atomic E-state index is 5.75. The summed E-state index contributed by atoms with van der Waals surface area (Å²) >= 11 is 0. The van der Waals surface area contributed by atoms with Crippen molar-refractivity contribution in [3.05, 3.63) is 11.8 Å². The molecule has 0 unspecified atom stereocenters. The summed E-state index contributed by atoms with van der Waals surface area (Å²) in [4.78, 5) is 13.6. The van der Waals surface area contributed by atoms with E-state index in [1.165, 1.54) is 37.9 Å². The zero-order chi connectivity index (χ0) is 13.2. The van der Waals surface area contributed by atoms with E-state index in [1.807, 2.05) is 6.20 Å². The first-order valence-corrected chi connectivity index (χ1v) is 7.38. The number of anilines is 2. The number of hydrogen-bond donors (Lipinski definition) is 1. The zero-order valence-corrected chi connectivity index (χ0v) is 11.7. The summed E-state index contributed by atoms with van der Waals surface area (Å²) < 4.78 is 0. The molecular formula is C14H23N5. The van der Waals surface area contributed by atoms with Crippen LogP contribution in [0.5, 0.6) is 0 Å². The summed E-state index contributed by atoms with van der Waals surface area (Å²) in [6.07, 6.45) is 6.79. The molecule has 1 aromatic heterocycles. The highest BCUT2D eigenvalue weighted by Gasteiger charge is 2.30. The van der Waals surface area contributed by atoms with Crippen molar-refractivity contribution in [1.29, 1.82) is 0 Å². The average Bonchev–Trinajstić information content (AvgIpc) is 3.09. The van der Waals surface area contributed by atoms with E-state index in [4.69, 9.17) is 5.73 Å². The lowest BCUT2D eigenvalue weighted by Gasteiger charge is -2.24. The summed E-state index contributed by atoms with van der Waals surface area (Å²) in [5.74, 6) is 1.44. The summed E-state index contributed by atoms with van der Waals surface area (Å²) in [6, 6.07) is 0.698. The van der Waals surface area contributed by atoms with Crippen molar-refractivity contribution >= 4 is 11.8 Å². The highest BCUT2D eigenvalue weighted by molar-refractivity contribution is 5.49. The predicted molar refractivity (Wildman–Crippen MR) is 77.2 cm³/mol. The van der Waals surface area contributed by atoms with Crippen molar-refractivity contribution in [2.75, 3.05) is 36.8 Å². The van der Waals surface area contributed by atoms with Crippen LogP contribution < -0.4 is 10.6 Å². The quantitative estimate of drug-likeness (QED) is 0.888. The molecule has 0 spiro atoms. The van der Waals surface area contributed by atoms with E-state index >= 15 is 0 Å². The number of hydrogen-bond acceptors (Lipinski definition) is 5. The lowest BCUT2D eigenvalue weighted by Crippen LogP contribution is -2.35. The number of nitrogens with zero attached hydrogens (tertiary/aromatic N) is 4. The first kappa shape index (κ1) is 12.7. The van der Waals surface area contributed by atoms with Gasteiger partial charge in [-0.2, -0.15) is 4.98 Å². The van der Waals surface area contributed by atoms with Gasteiger partial charge in [-0.3, -0.25) is 4.90 Å². The Morgan fingerprint density at radius 1 is 1.32 bits per heavy atom. The number of likely N-dealkylation sites (tertiary alicyclic amines) is 1. The van der Waals surface area contributed by atoms with Crippen LogP contribution in [0.1, 0.15) is 31.7 Å². The monoisotopic (exact) mass is 261 g/mol. The minimum Gasteiger partial charge on any atom is -0.368 e. The molecule has 0 amide bonds. The van der Waals surface area contributed by atoms with Gasteiger partial charge >= 0.3 is 0 Å². The van der Waals surface area contributed by atoms with Crippen LogP contribution in [0.3, 0.4) is 0 Å². The Balaban J connectivity index is 1.75. The largest absolute Gasteiger partial charge is 0.368 e. The molecule has 0 radical (unpaired) electrons. The second kappa shape index (κ2) is 5.33. The van der Waals surface area contributed by atoms with Gasteiger partial charge in [-0.05, 0) is 38.8 Å². The SMILES string of the molecule is CCc1cnc(N)nc1N1CC[C@H](N2CCCC2)C1. The average molecular weight is 261 g/mol. The van der Waals surface area contributed by atoms with Gasteiger partial charge in [-0.1, -0.05) is 6.92 Å². The van der Waals surface area contributed by atoms with Gasteiger partial charge in [-0.25, -0.2) is 4.98 Å². The summed E-state index contributed by atoms with van der Waals surface area (Å²) in [7, 11) is 0. The Morgan fingerprint density at radius 2 is 2.11 bits per heavy atom. The minimum absolute atomic E-state index is 0.386. The molecule has 1 aromatic rings. The number of nitrogens with two attached hydrogens (primary N) is 1.